The van der Waals surface area contributed by atoms with Gasteiger partial charge in [0.25, 0.3) is 5.69 Å². The fraction of sp³-hybridized carbons (Fsp3) is 0.571. The Kier molecular flexibility index (Phi) is 5.17. The lowest BCUT2D eigenvalue weighted by molar-refractivity contribution is -0.385. The number of nitro benzene ring substituents is 1. The number of piperidine rings is 1. The van der Waals surface area contributed by atoms with Crippen LogP contribution in [0.25, 0.3) is 0 Å². The van der Waals surface area contributed by atoms with Crippen LogP contribution in [-0.2, 0) is 0 Å². The van der Waals surface area contributed by atoms with E-state index in [9.17, 15) is 10.1 Å². The predicted molar refractivity (Wildman–Crippen MR) is 75.4 cm³/mol. The van der Waals surface area contributed by atoms with Gasteiger partial charge in [0.05, 0.1) is 23.7 Å². The van der Waals surface area contributed by atoms with Gasteiger partial charge in [-0.05, 0) is 32.4 Å². The lowest BCUT2D eigenvalue weighted by atomic mass is 10.1. The summed E-state index contributed by atoms with van der Waals surface area (Å²) >= 11 is 0. The minimum atomic E-state index is -0.423. The van der Waals surface area contributed by atoms with Crippen LogP contribution in [-0.4, -0.2) is 30.7 Å². The molecule has 1 aromatic rings. The van der Waals surface area contributed by atoms with E-state index in [1.165, 1.54) is 12.1 Å². The lowest BCUT2D eigenvalue weighted by Crippen LogP contribution is -2.34. The summed E-state index contributed by atoms with van der Waals surface area (Å²) in [6.07, 6.45) is 2.78. The molecule has 20 heavy (non-hydrogen) atoms. The largest absolute Gasteiger partial charge is 0.493 e. The number of nitro groups is 1. The molecule has 1 aliphatic heterocycles. The Labute approximate surface area is 118 Å². The van der Waals surface area contributed by atoms with Crippen molar-refractivity contribution in [1.29, 1.82) is 0 Å². The molecule has 110 valence electrons. The Morgan fingerprint density at radius 1 is 1.30 bits per heavy atom. The third-order valence-electron chi connectivity index (χ3n) is 3.14. The van der Waals surface area contributed by atoms with E-state index >= 15 is 0 Å². The number of non-ortho nitro benzene ring substituents is 1. The van der Waals surface area contributed by atoms with Crippen molar-refractivity contribution in [2.45, 2.75) is 32.3 Å². The van der Waals surface area contributed by atoms with E-state index in [1.807, 2.05) is 6.92 Å². The first kappa shape index (κ1) is 14.6. The second kappa shape index (κ2) is 7.09. The number of rotatable bonds is 6. The van der Waals surface area contributed by atoms with Crippen molar-refractivity contribution in [2.75, 3.05) is 19.7 Å². The summed E-state index contributed by atoms with van der Waals surface area (Å²) in [5.41, 5.74) is 0.00235. The van der Waals surface area contributed by atoms with E-state index in [2.05, 4.69) is 5.32 Å². The maximum atomic E-state index is 11.0. The minimum Gasteiger partial charge on any atom is -0.493 e. The number of hydrogen-bond acceptors (Lipinski definition) is 5. The van der Waals surface area contributed by atoms with Crippen LogP contribution in [0.1, 0.15) is 26.2 Å². The molecular formula is C14H20N2O4. The van der Waals surface area contributed by atoms with Gasteiger partial charge in [-0.15, -0.1) is 0 Å². The van der Waals surface area contributed by atoms with E-state index in [0.717, 1.165) is 32.4 Å². The van der Waals surface area contributed by atoms with Crippen molar-refractivity contribution < 1.29 is 14.4 Å². The molecule has 1 aromatic carbocycles. The van der Waals surface area contributed by atoms with Gasteiger partial charge < -0.3 is 14.8 Å². The monoisotopic (exact) mass is 280 g/mol. The molecule has 0 bridgehead atoms. The number of ether oxygens (including phenoxy) is 2. The Balaban J connectivity index is 2.12. The van der Waals surface area contributed by atoms with E-state index in [4.69, 9.17) is 9.47 Å². The summed E-state index contributed by atoms with van der Waals surface area (Å²) in [7, 11) is 0. The second-order valence-corrected chi connectivity index (χ2v) is 4.84. The zero-order chi connectivity index (χ0) is 14.4. The van der Waals surface area contributed by atoms with Crippen molar-refractivity contribution in [3.63, 3.8) is 0 Å². The van der Waals surface area contributed by atoms with Gasteiger partial charge in [0.15, 0.2) is 0 Å². The third-order valence-corrected chi connectivity index (χ3v) is 3.14. The molecule has 2 rings (SSSR count). The molecule has 0 radical (unpaired) electrons. The van der Waals surface area contributed by atoms with Crippen LogP contribution in [0.15, 0.2) is 18.2 Å². The van der Waals surface area contributed by atoms with Crippen LogP contribution >= 0.6 is 0 Å². The first-order chi connectivity index (χ1) is 9.69. The van der Waals surface area contributed by atoms with Crippen LogP contribution in [0, 0.1) is 10.1 Å². The summed E-state index contributed by atoms with van der Waals surface area (Å²) in [5, 5.41) is 14.2. The number of nitrogens with zero attached hydrogens (tertiary/aromatic N) is 1. The highest BCUT2D eigenvalue weighted by Gasteiger charge is 2.17. The molecule has 1 aliphatic rings. The van der Waals surface area contributed by atoms with E-state index in [-0.39, 0.29) is 11.8 Å². The van der Waals surface area contributed by atoms with E-state index in [0.29, 0.717) is 18.1 Å². The highest BCUT2D eigenvalue weighted by molar-refractivity contribution is 5.46. The molecule has 6 nitrogen and oxygen atoms in total. The standard InChI is InChI=1S/C14H20N2O4/c1-2-7-19-13-8-11(16(17)18)9-14(10-13)20-12-3-5-15-6-4-12/h8-10,12,15H,2-7H2,1H3. The summed E-state index contributed by atoms with van der Waals surface area (Å²) < 4.78 is 11.3. The molecule has 6 heteroatoms. The zero-order valence-corrected chi connectivity index (χ0v) is 11.6. The first-order valence-electron chi connectivity index (χ1n) is 6.98. The molecule has 1 saturated heterocycles. The van der Waals surface area contributed by atoms with Gasteiger partial charge in [0, 0.05) is 6.07 Å². The minimum absolute atomic E-state index is 0.00235. The van der Waals surface area contributed by atoms with Crippen molar-refractivity contribution in [1.82, 2.24) is 5.32 Å². The van der Waals surface area contributed by atoms with Crippen molar-refractivity contribution in [3.05, 3.63) is 28.3 Å². The van der Waals surface area contributed by atoms with Gasteiger partial charge in [0.2, 0.25) is 0 Å². The van der Waals surface area contributed by atoms with Crippen LogP contribution < -0.4 is 14.8 Å². The SMILES string of the molecule is CCCOc1cc(OC2CCNCC2)cc([N+](=O)[O-])c1. The summed E-state index contributed by atoms with van der Waals surface area (Å²) in [4.78, 5) is 10.5. The molecular weight excluding hydrogens is 260 g/mol. The second-order valence-electron chi connectivity index (χ2n) is 4.84. The van der Waals surface area contributed by atoms with Gasteiger partial charge in [-0.1, -0.05) is 6.92 Å². The highest BCUT2D eigenvalue weighted by atomic mass is 16.6. The average Bonchev–Trinajstić information content (AvgIpc) is 2.46. The molecule has 0 atom stereocenters. The Bertz CT molecular complexity index is 458. The molecule has 0 aromatic heterocycles. The Morgan fingerprint density at radius 3 is 2.65 bits per heavy atom. The van der Waals surface area contributed by atoms with Gasteiger partial charge in [-0.2, -0.15) is 0 Å². The molecule has 1 fully saturated rings. The third kappa shape index (κ3) is 4.09. The number of hydrogen-bond donors (Lipinski definition) is 1. The van der Waals surface area contributed by atoms with Crippen molar-refractivity contribution >= 4 is 5.69 Å². The van der Waals surface area contributed by atoms with Gasteiger partial charge in [-0.3, -0.25) is 10.1 Å². The molecule has 1 heterocycles. The van der Waals surface area contributed by atoms with E-state index in [1.54, 1.807) is 6.07 Å². The van der Waals surface area contributed by atoms with Gasteiger partial charge in [-0.25, -0.2) is 0 Å². The number of nitrogens with one attached hydrogen (secondary N) is 1. The van der Waals surface area contributed by atoms with Crippen LogP contribution in [0.3, 0.4) is 0 Å². The van der Waals surface area contributed by atoms with Crippen LogP contribution in [0.5, 0.6) is 11.5 Å². The van der Waals surface area contributed by atoms with Gasteiger partial charge in [0.1, 0.15) is 17.6 Å². The molecule has 0 spiro atoms. The van der Waals surface area contributed by atoms with Crippen LogP contribution in [0.4, 0.5) is 5.69 Å². The maximum Gasteiger partial charge on any atom is 0.276 e. The smallest absolute Gasteiger partial charge is 0.276 e. The summed E-state index contributed by atoms with van der Waals surface area (Å²) in [5.74, 6) is 1.00. The van der Waals surface area contributed by atoms with Crippen LogP contribution in [0.2, 0.25) is 0 Å². The summed E-state index contributed by atoms with van der Waals surface area (Å²) in [6.45, 7) is 4.36. The van der Waals surface area contributed by atoms with Crippen molar-refractivity contribution in [2.24, 2.45) is 0 Å². The Morgan fingerprint density at radius 2 is 2.00 bits per heavy atom. The zero-order valence-electron chi connectivity index (χ0n) is 11.6. The molecule has 0 aliphatic carbocycles. The molecule has 0 unspecified atom stereocenters. The van der Waals surface area contributed by atoms with Gasteiger partial charge >= 0.3 is 0 Å². The normalized spacial score (nSPS) is 15.8. The van der Waals surface area contributed by atoms with E-state index < -0.39 is 4.92 Å². The molecule has 0 amide bonds. The van der Waals surface area contributed by atoms with Crippen molar-refractivity contribution in [3.8, 4) is 11.5 Å². The average molecular weight is 280 g/mol. The maximum absolute atomic E-state index is 11.0. The fourth-order valence-corrected chi connectivity index (χ4v) is 2.14. The quantitative estimate of drug-likeness (QED) is 0.640. The summed E-state index contributed by atoms with van der Waals surface area (Å²) in [6, 6.07) is 4.62. The Hall–Kier alpha value is -1.82. The first-order valence-corrected chi connectivity index (χ1v) is 6.98. The number of benzene rings is 1. The topological polar surface area (TPSA) is 73.6 Å². The highest BCUT2D eigenvalue weighted by Crippen LogP contribution is 2.29. The lowest BCUT2D eigenvalue weighted by Gasteiger charge is -2.23. The predicted octanol–water partition coefficient (Wildman–Crippen LogP) is 2.51. The molecule has 1 N–H and O–H groups in total. The molecule has 0 saturated carbocycles. The fourth-order valence-electron chi connectivity index (χ4n) is 2.14.